The van der Waals surface area contributed by atoms with Crippen LogP contribution in [0.25, 0.3) is 11.4 Å². The molecule has 0 saturated carbocycles. The van der Waals surface area contributed by atoms with Gasteiger partial charge in [0.2, 0.25) is 17.6 Å². The van der Waals surface area contributed by atoms with Crippen molar-refractivity contribution in [3.8, 4) is 11.4 Å². The molecule has 1 aromatic carbocycles. The second kappa shape index (κ2) is 8.94. The Kier molecular flexibility index (Phi) is 6.36. The Balaban J connectivity index is 1.61. The first kappa shape index (κ1) is 20.6. The van der Waals surface area contributed by atoms with E-state index in [1.54, 1.807) is 30.6 Å². The van der Waals surface area contributed by atoms with E-state index in [4.69, 9.17) is 4.52 Å². The molecule has 2 aromatic heterocycles. The van der Waals surface area contributed by atoms with E-state index in [0.29, 0.717) is 18.1 Å². The lowest BCUT2D eigenvalue weighted by Crippen LogP contribution is -2.31. The fourth-order valence-corrected chi connectivity index (χ4v) is 3.02. The number of hydrogen-bond donors (Lipinski definition) is 1. The van der Waals surface area contributed by atoms with Gasteiger partial charge >= 0.3 is 0 Å². The van der Waals surface area contributed by atoms with Crippen LogP contribution in [0.4, 0.5) is 4.39 Å². The zero-order valence-corrected chi connectivity index (χ0v) is 16.9. The molecule has 0 aliphatic rings. The molecule has 0 aliphatic carbocycles. The molecule has 1 N–H and O–H groups in total. The number of aryl methyl sites for hydroxylation is 1. The molecule has 152 valence electrons. The fraction of sp³-hybridized carbons (Fsp3) is 0.364. The highest BCUT2D eigenvalue weighted by Gasteiger charge is 2.22. The van der Waals surface area contributed by atoms with Gasteiger partial charge in [0.15, 0.2) is 0 Å². The Morgan fingerprint density at radius 3 is 2.62 bits per heavy atom. The molecular weight excluding hydrogens is 371 g/mol. The summed E-state index contributed by atoms with van der Waals surface area (Å²) < 4.78 is 18.5. The number of benzene rings is 1. The minimum atomic E-state index is -0.296. The molecule has 2 heterocycles. The van der Waals surface area contributed by atoms with Crippen LogP contribution in [0, 0.1) is 11.2 Å². The lowest BCUT2D eigenvalue weighted by molar-refractivity contribution is -0.122. The minimum Gasteiger partial charge on any atom is -0.349 e. The van der Waals surface area contributed by atoms with E-state index in [1.807, 2.05) is 6.07 Å². The van der Waals surface area contributed by atoms with Crippen LogP contribution in [0.3, 0.4) is 0 Å². The Morgan fingerprint density at radius 1 is 1.21 bits per heavy atom. The first-order valence-corrected chi connectivity index (χ1v) is 9.58. The molecule has 0 spiro atoms. The van der Waals surface area contributed by atoms with Gasteiger partial charge in [-0.2, -0.15) is 4.98 Å². The largest absolute Gasteiger partial charge is 0.349 e. The van der Waals surface area contributed by atoms with Crippen molar-refractivity contribution in [3.63, 3.8) is 0 Å². The number of carbonyl (C=O) groups excluding carboxylic acids is 1. The number of carbonyl (C=O) groups is 1. The van der Waals surface area contributed by atoms with Crippen molar-refractivity contribution in [1.82, 2.24) is 20.4 Å². The maximum Gasteiger partial charge on any atom is 0.227 e. The summed E-state index contributed by atoms with van der Waals surface area (Å²) >= 11 is 0. The molecule has 3 aromatic rings. The van der Waals surface area contributed by atoms with Crippen LogP contribution in [0.15, 0.2) is 53.3 Å². The Morgan fingerprint density at radius 2 is 1.97 bits per heavy atom. The average molecular weight is 396 g/mol. The summed E-state index contributed by atoms with van der Waals surface area (Å²) in [5, 5.41) is 6.99. The molecule has 3 rings (SSSR count). The van der Waals surface area contributed by atoms with Crippen molar-refractivity contribution in [3.05, 3.63) is 66.1 Å². The Labute approximate surface area is 169 Å². The van der Waals surface area contributed by atoms with E-state index >= 15 is 0 Å². The van der Waals surface area contributed by atoms with Crippen LogP contribution in [0.5, 0.6) is 0 Å². The van der Waals surface area contributed by atoms with Crippen molar-refractivity contribution in [2.45, 2.75) is 46.1 Å². The van der Waals surface area contributed by atoms with Crippen LogP contribution in [0.2, 0.25) is 0 Å². The van der Waals surface area contributed by atoms with Gasteiger partial charge < -0.3 is 9.84 Å². The quantitative estimate of drug-likeness (QED) is 0.636. The zero-order valence-electron chi connectivity index (χ0n) is 16.9. The monoisotopic (exact) mass is 396 g/mol. The van der Waals surface area contributed by atoms with E-state index in [2.05, 4.69) is 41.2 Å². The van der Waals surface area contributed by atoms with Gasteiger partial charge in [0.05, 0.1) is 6.04 Å². The highest BCUT2D eigenvalue weighted by atomic mass is 19.1. The van der Waals surface area contributed by atoms with E-state index < -0.39 is 0 Å². The van der Waals surface area contributed by atoms with Gasteiger partial charge in [-0.15, -0.1) is 0 Å². The lowest BCUT2D eigenvalue weighted by atomic mass is 9.85. The molecule has 6 nitrogen and oxygen atoms in total. The molecule has 0 aliphatic heterocycles. The van der Waals surface area contributed by atoms with Crippen LogP contribution in [0.1, 0.15) is 51.1 Å². The first-order chi connectivity index (χ1) is 13.8. The normalized spacial score (nSPS) is 12.6. The van der Waals surface area contributed by atoms with Gasteiger partial charge in [-0.3, -0.25) is 9.78 Å². The average Bonchev–Trinajstić information content (AvgIpc) is 3.15. The summed E-state index contributed by atoms with van der Waals surface area (Å²) in [6.07, 6.45) is 4.61. The van der Waals surface area contributed by atoms with E-state index in [-0.39, 0.29) is 29.6 Å². The molecule has 0 fully saturated rings. The standard InChI is InChI=1S/C22H25FN4O2/c1-22(2,3)13-18(15-6-8-17(23)9-7-15)25-19(28)10-11-20-26-21(27-29-20)16-5-4-12-24-14-16/h4-9,12,14,18H,10-11,13H2,1-3H3,(H,25,28)/t18-/m1/s1. The number of nitrogens with one attached hydrogen (secondary N) is 1. The molecule has 29 heavy (non-hydrogen) atoms. The molecule has 1 atom stereocenters. The van der Waals surface area contributed by atoms with Crippen LogP contribution >= 0.6 is 0 Å². The third-order valence-corrected chi connectivity index (χ3v) is 4.38. The number of nitrogens with zero attached hydrogens (tertiary/aromatic N) is 3. The molecule has 0 radical (unpaired) electrons. The van der Waals surface area contributed by atoms with Crippen molar-refractivity contribution in [1.29, 1.82) is 0 Å². The van der Waals surface area contributed by atoms with Gasteiger partial charge in [0.25, 0.3) is 0 Å². The van der Waals surface area contributed by atoms with Gasteiger partial charge in [0.1, 0.15) is 5.82 Å². The number of hydrogen-bond acceptors (Lipinski definition) is 5. The number of rotatable bonds is 7. The number of pyridine rings is 1. The van der Waals surface area contributed by atoms with Gasteiger partial charge in [0, 0.05) is 30.8 Å². The predicted molar refractivity (Wildman–Crippen MR) is 107 cm³/mol. The number of amides is 1. The maximum atomic E-state index is 13.3. The minimum absolute atomic E-state index is 0.00254. The first-order valence-electron chi connectivity index (χ1n) is 9.58. The predicted octanol–water partition coefficient (Wildman–Crippen LogP) is 4.50. The molecule has 7 heteroatoms. The van der Waals surface area contributed by atoms with Gasteiger partial charge in [-0.25, -0.2) is 4.39 Å². The van der Waals surface area contributed by atoms with Crippen LogP contribution in [-0.2, 0) is 11.2 Å². The maximum absolute atomic E-state index is 13.3. The van der Waals surface area contributed by atoms with Gasteiger partial charge in [-0.05, 0) is 41.7 Å². The van der Waals surface area contributed by atoms with Crippen LogP contribution in [-0.4, -0.2) is 21.0 Å². The number of halogens is 1. The van der Waals surface area contributed by atoms with Crippen molar-refractivity contribution < 1.29 is 13.7 Å². The highest BCUT2D eigenvalue weighted by Crippen LogP contribution is 2.29. The molecular formula is C22H25FN4O2. The van der Waals surface area contributed by atoms with E-state index in [1.165, 1.54) is 12.1 Å². The van der Waals surface area contributed by atoms with Crippen molar-refractivity contribution >= 4 is 5.91 Å². The number of aromatic nitrogens is 3. The third kappa shape index (κ3) is 6.20. The molecule has 0 unspecified atom stereocenters. The summed E-state index contributed by atoms with van der Waals surface area (Å²) in [6, 6.07) is 9.69. The SMILES string of the molecule is CC(C)(C)C[C@@H](NC(=O)CCc1nc(-c2cccnc2)no1)c1ccc(F)cc1. The Bertz CT molecular complexity index is 933. The van der Waals surface area contributed by atoms with E-state index in [0.717, 1.165) is 17.5 Å². The van der Waals surface area contributed by atoms with Gasteiger partial charge in [-0.1, -0.05) is 38.1 Å². The third-order valence-electron chi connectivity index (χ3n) is 4.38. The highest BCUT2D eigenvalue weighted by molar-refractivity contribution is 5.76. The molecule has 0 bridgehead atoms. The summed E-state index contributed by atoms with van der Waals surface area (Å²) in [7, 11) is 0. The summed E-state index contributed by atoms with van der Waals surface area (Å²) in [6.45, 7) is 6.32. The fourth-order valence-electron chi connectivity index (χ4n) is 3.02. The smallest absolute Gasteiger partial charge is 0.227 e. The molecule has 1 amide bonds. The topological polar surface area (TPSA) is 80.9 Å². The summed E-state index contributed by atoms with van der Waals surface area (Å²) in [4.78, 5) is 20.9. The summed E-state index contributed by atoms with van der Waals surface area (Å²) in [5.41, 5.74) is 1.64. The van der Waals surface area contributed by atoms with E-state index in [9.17, 15) is 9.18 Å². The van der Waals surface area contributed by atoms with Crippen LogP contribution < -0.4 is 5.32 Å². The summed E-state index contributed by atoms with van der Waals surface area (Å²) in [5.74, 6) is 0.429. The second-order valence-corrected chi connectivity index (χ2v) is 8.19. The lowest BCUT2D eigenvalue weighted by Gasteiger charge is -2.27. The zero-order chi connectivity index (χ0) is 20.9. The molecule has 0 saturated heterocycles. The van der Waals surface area contributed by atoms with Crippen molar-refractivity contribution in [2.75, 3.05) is 0 Å². The van der Waals surface area contributed by atoms with Crippen molar-refractivity contribution in [2.24, 2.45) is 5.41 Å². The Hall–Kier alpha value is -3.09. The second-order valence-electron chi connectivity index (χ2n) is 8.19.